The molecule has 0 bridgehead atoms. The first-order valence-electron chi connectivity index (χ1n) is 33.1. The predicted molar refractivity (Wildman–Crippen MR) is 357 cm³/mol. The molecule has 0 aromatic rings. The number of carbonyl (C=O) groups excluding carboxylic acids is 3. The van der Waals surface area contributed by atoms with Crippen LogP contribution in [-0.4, -0.2) is 37.2 Å². The van der Waals surface area contributed by atoms with Crippen LogP contribution in [0.1, 0.15) is 271 Å². The Labute approximate surface area is 504 Å². The number of hydrogen-bond acceptors (Lipinski definition) is 6. The maximum atomic E-state index is 12.9. The van der Waals surface area contributed by atoms with Gasteiger partial charge in [-0.25, -0.2) is 0 Å². The van der Waals surface area contributed by atoms with Gasteiger partial charge in [-0.15, -0.1) is 0 Å². The van der Waals surface area contributed by atoms with Gasteiger partial charge in [-0.05, 0) is 148 Å². The third kappa shape index (κ3) is 65.6. The molecule has 0 radical (unpaired) electrons. The lowest BCUT2D eigenvalue weighted by atomic mass is 10.1. The smallest absolute Gasteiger partial charge is 0.306 e. The first kappa shape index (κ1) is 76.8. The van der Waals surface area contributed by atoms with Crippen molar-refractivity contribution in [1.29, 1.82) is 0 Å². The van der Waals surface area contributed by atoms with Crippen molar-refractivity contribution in [1.82, 2.24) is 0 Å². The van der Waals surface area contributed by atoms with Gasteiger partial charge in [0.1, 0.15) is 13.2 Å². The Morgan fingerprint density at radius 3 is 0.768 bits per heavy atom. The van der Waals surface area contributed by atoms with Gasteiger partial charge in [-0.3, -0.25) is 14.4 Å². The summed E-state index contributed by atoms with van der Waals surface area (Å²) >= 11 is 0. The standard InChI is InChI=1S/C76H120O6/c1-4-7-10-13-16-19-22-25-28-30-32-34-35-36-37-38-39-40-41-43-44-46-48-51-54-57-60-63-66-69-75(78)81-72-73(71-80-74(77)68-65-62-59-56-53-50-27-24-21-18-15-12-9-6-3)82-76(79)70-67-64-61-58-55-52-49-47-45-42-33-31-29-26-23-20-17-14-11-8-5-2/h7-8,10-11,15-20,24-29,32-34,36-37,39-40,42,47,49,55,58,73H,4-6,9,12-14,21-23,30-31,35,38,41,43-46,48,50-54,56-57,59-72H2,1-3H3/b10-7-,11-8-,18-15-,19-16-,20-17-,27-24-,28-25-,29-26-,34-32-,37-36-,40-39-,42-33-,49-47-,58-55-. The third-order valence-corrected chi connectivity index (χ3v) is 13.4. The van der Waals surface area contributed by atoms with Crippen molar-refractivity contribution >= 4 is 17.9 Å². The molecule has 0 aromatic heterocycles. The zero-order chi connectivity index (χ0) is 59.2. The van der Waals surface area contributed by atoms with Gasteiger partial charge in [0.25, 0.3) is 0 Å². The summed E-state index contributed by atoms with van der Waals surface area (Å²) in [4.78, 5) is 38.4. The van der Waals surface area contributed by atoms with E-state index in [4.69, 9.17) is 14.2 Å². The van der Waals surface area contributed by atoms with Crippen LogP contribution in [0.25, 0.3) is 0 Å². The predicted octanol–water partition coefficient (Wildman–Crippen LogP) is 23.0. The molecule has 1 unspecified atom stereocenters. The van der Waals surface area contributed by atoms with Gasteiger partial charge in [-0.1, -0.05) is 274 Å². The second-order valence-corrected chi connectivity index (χ2v) is 21.3. The van der Waals surface area contributed by atoms with E-state index in [-0.39, 0.29) is 37.5 Å². The van der Waals surface area contributed by atoms with Crippen molar-refractivity contribution in [3.63, 3.8) is 0 Å². The minimum atomic E-state index is -0.819. The van der Waals surface area contributed by atoms with Crippen molar-refractivity contribution in [2.45, 2.75) is 277 Å². The molecule has 0 aliphatic carbocycles. The molecule has 0 aliphatic rings. The lowest BCUT2D eigenvalue weighted by Crippen LogP contribution is -2.30. The number of rotatable bonds is 58. The first-order valence-corrected chi connectivity index (χ1v) is 33.1. The Kier molecular flexibility index (Phi) is 63.9. The summed E-state index contributed by atoms with van der Waals surface area (Å²) in [6.45, 7) is 6.32. The van der Waals surface area contributed by atoms with Gasteiger partial charge < -0.3 is 14.2 Å². The van der Waals surface area contributed by atoms with Crippen LogP contribution in [0.5, 0.6) is 0 Å². The van der Waals surface area contributed by atoms with E-state index in [1.807, 2.05) is 0 Å². The van der Waals surface area contributed by atoms with E-state index in [2.05, 4.69) is 191 Å². The number of carbonyl (C=O) groups is 3. The first-order chi connectivity index (χ1) is 40.5. The largest absolute Gasteiger partial charge is 0.462 e. The molecular formula is C76H120O6. The average Bonchev–Trinajstić information content (AvgIpc) is 3.47. The van der Waals surface area contributed by atoms with Crippen LogP contribution in [0.15, 0.2) is 170 Å². The Balaban J connectivity index is 4.43. The molecule has 0 saturated heterocycles. The van der Waals surface area contributed by atoms with Crippen LogP contribution in [0.2, 0.25) is 0 Å². The molecule has 0 rings (SSSR count). The lowest BCUT2D eigenvalue weighted by molar-refractivity contribution is -0.167. The topological polar surface area (TPSA) is 78.9 Å². The van der Waals surface area contributed by atoms with E-state index < -0.39 is 6.10 Å². The number of ether oxygens (including phenoxy) is 3. The summed E-state index contributed by atoms with van der Waals surface area (Å²) in [5.41, 5.74) is 0. The second-order valence-electron chi connectivity index (χ2n) is 21.3. The number of hydrogen-bond donors (Lipinski definition) is 0. The van der Waals surface area contributed by atoms with Crippen LogP contribution in [-0.2, 0) is 28.6 Å². The Morgan fingerprint density at radius 1 is 0.256 bits per heavy atom. The van der Waals surface area contributed by atoms with Crippen LogP contribution >= 0.6 is 0 Å². The van der Waals surface area contributed by atoms with Crippen molar-refractivity contribution in [2.24, 2.45) is 0 Å². The van der Waals surface area contributed by atoms with Gasteiger partial charge in [0, 0.05) is 19.3 Å². The fourth-order valence-electron chi connectivity index (χ4n) is 8.52. The normalized spacial score (nSPS) is 13.3. The molecule has 0 heterocycles. The summed E-state index contributed by atoms with van der Waals surface area (Å²) in [6, 6.07) is 0. The molecule has 0 spiro atoms. The zero-order valence-corrected chi connectivity index (χ0v) is 52.7. The molecule has 82 heavy (non-hydrogen) atoms. The zero-order valence-electron chi connectivity index (χ0n) is 52.7. The fraction of sp³-hybridized carbons (Fsp3) is 0.592. The van der Waals surface area contributed by atoms with Gasteiger partial charge in [0.15, 0.2) is 6.10 Å². The monoisotopic (exact) mass is 1130 g/mol. The van der Waals surface area contributed by atoms with Gasteiger partial charge in [-0.2, -0.15) is 0 Å². The molecule has 0 amide bonds. The summed E-state index contributed by atoms with van der Waals surface area (Å²) in [7, 11) is 0. The Morgan fingerprint density at radius 2 is 0.476 bits per heavy atom. The second kappa shape index (κ2) is 68.3. The van der Waals surface area contributed by atoms with Crippen molar-refractivity contribution in [2.75, 3.05) is 13.2 Å². The van der Waals surface area contributed by atoms with Gasteiger partial charge >= 0.3 is 17.9 Å². The van der Waals surface area contributed by atoms with Crippen LogP contribution in [0.4, 0.5) is 0 Å². The van der Waals surface area contributed by atoms with Crippen molar-refractivity contribution in [3.8, 4) is 0 Å². The highest BCUT2D eigenvalue weighted by Gasteiger charge is 2.19. The molecule has 0 aliphatic heterocycles. The number of esters is 3. The molecule has 0 fully saturated rings. The minimum Gasteiger partial charge on any atom is -0.462 e. The van der Waals surface area contributed by atoms with E-state index in [9.17, 15) is 14.4 Å². The summed E-state index contributed by atoms with van der Waals surface area (Å²) < 4.78 is 16.9. The lowest BCUT2D eigenvalue weighted by Gasteiger charge is -2.18. The van der Waals surface area contributed by atoms with Gasteiger partial charge in [0.05, 0.1) is 0 Å². The molecule has 1 atom stereocenters. The molecule has 0 saturated carbocycles. The van der Waals surface area contributed by atoms with Gasteiger partial charge in [0.2, 0.25) is 0 Å². The third-order valence-electron chi connectivity index (χ3n) is 13.4. The Hall–Kier alpha value is -5.23. The molecule has 0 N–H and O–H groups in total. The molecule has 0 aromatic carbocycles. The van der Waals surface area contributed by atoms with Crippen molar-refractivity contribution in [3.05, 3.63) is 170 Å². The summed E-state index contributed by atoms with van der Waals surface area (Å²) in [6.07, 6.45) is 101. The molecule has 460 valence electrons. The van der Waals surface area contributed by atoms with Crippen LogP contribution in [0.3, 0.4) is 0 Å². The number of allylic oxidation sites excluding steroid dienone is 28. The Bertz CT molecular complexity index is 1870. The SMILES string of the molecule is CC/C=C\C/C=C\C/C=C\C/C=C\C/C=C\C/C=C\CCCCCCCCCCCCC(=O)OCC(COC(=O)CCCCCCC/C=C\C/C=C\CCCC)OC(=O)CCCC/C=C\C/C=C\C/C=C\C/C=C\C/C=C\C/C=C\CC. The maximum absolute atomic E-state index is 12.9. The summed E-state index contributed by atoms with van der Waals surface area (Å²) in [5.74, 6) is -0.975. The minimum absolute atomic E-state index is 0.110. The van der Waals surface area contributed by atoms with Crippen LogP contribution in [0, 0.1) is 0 Å². The van der Waals surface area contributed by atoms with Crippen LogP contribution < -0.4 is 0 Å². The number of unbranched alkanes of at least 4 members (excludes halogenated alkanes) is 19. The van der Waals surface area contributed by atoms with E-state index in [1.165, 1.54) is 64.2 Å². The van der Waals surface area contributed by atoms with E-state index in [1.54, 1.807) is 0 Å². The average molecular weight is 1130 g/mol. The maximum Gasteiger partial charge on any atom is 0.306 e. The van der Waals surface area contributed by atoms with E-state index in [0.717, 1.165) is 161 Å². The highest BCUT2D eigenvalue weighted by Crippen LogP contribution is 2.14. The fourth-order valence-corrected chi connectivity index (χ4v) is 8.52. The molecule has 6 nitrogen and oxygen atoms in total. The quantitative estimate of drug-likeness (QED) is 0.0261. The van der Waals surface area contributed by atoms with E-state index >= 15 is 0 Å². The van der Waals surface area contributed by atoms with Crippen molar-refractivity contribution < 1.29 is 28.6 Å². The molecule has 6 heteroatoms. The van der Waals surface area contributed by atoms with E-state index in [0.29, 0.717) is 19.3 Å². The highest BCUT2D eigenvalue weighted by molar-refractivity contribution is 5.71. The summed E-state index contributed by atoms with van der Waals surface area (Å²) in [5, 5.41) is 0. The highest BCUT2D eigenvalue weighted by atomic mass is 16.6. The molecular weight excluding hydrogens is 1010 g/mol.